The summed E-state index contributed by atoms with van der Waals surface area (Å²) in [6, 6.07) is 10.5. The van der Waals surface area contributed by atoms with Crippen LogP contribution in [0, 0.1) is 6.92 Å². The Kier molecular flexibility index (Phi) is 4.74. The Morgan fingerprint density at radius 2 is 1.71 bits per heavy atom. The largest absolute Gasteiger partial charge is 0.356 e. The third-order valence-corrected chi connectivity index (χ3v) is 4.50. The van der Waals surface area contributed by atoms with Crippen LogP contribution in [0.1, 0.15) is 51.4 Å². The van der Waals surface area contributed by atoms with Crippen molar-refractivity contribution >= 4 is 17.3 Å². The predicted octanol–water partition coefficient (Wildman–Crippen LogP) is 4.82. The van der Waals surface area contributed by atoms with Crippen LogP contribution in [0.25, 0.3) is 0 Å². The number of piperidine rings is 1. The van der Waals surface area contributed by atoms with Crippen molar-refractivity contribution in [1.82, 2.24) is 9.97 Å². The topological polar surface area (TPSA) is 41.1 Å². The van der Waals surface area contributed by atoms with Crippen molar-refractivity contribution in [1.29, 1.82) is 0 Å². The van der Waals surface area contributed by atoms with Gasteiger partial charge in [0.25, 0.3) is 0 Å². The fraction of sp³-hybridized carbons (Fsp3) is 0.500. The Morgan fingerprint density at radius 3 is 2.42 bits per heavy atom. The van der Waals surface area contributed by atoms with Gasteiger partial charge in [-0.1, -0.05) is 39.0 Å². The molecule has 1 N–H and O–H groups in total. The second-order valence-electron chi connectivity index (χ2n) is 7.63. The van der Waals surface area contributed by atoms with Gasteiger partial charge in [-0.15, -0.1) is 0 Å². The highest BCUT2D eigenvalue weighted by atomic mass is 15.2. The smallest absolute Gasteiger partial charge is 0.136 e. The SMILES string of the molecule is Cc1nc(Nc2ccccc2C(C)(C)C)cc(N2CCCCC2)n1. The Morgan fingerprint density at radius 1 is 1.00 bits per heavy atom. The summed E-state index contributed by atoms with van der Waals surface area (Å²) in [4.78, 5) is 11.6. The van der Waals surface area contributed by atoms with Gasteiger partial charge in [0.1, 0.15) is 17.5 Å². The maximum atomic E-state index is 4.65. The zero-order valence-corrected chi connectivity index (χ0v) is 15.3. The molecule has 1 aromatic carbocycles. The van der Waals surface area contributed by atoms with Crippen molar-refractivity contribution in [2.75, 3.05) is 23.3 Å². The van der Waals surface area contributed by atoms with E-state index >= 15 is 0 Å². The minimum absolute atomic E-state index is 0.0847. The summed E-state index contributed by atoms with van der Waals surface area (Å²) in [5.74, 6) is 2.73. The number of para-hydroxylation sites is 1. The van der Waals surface area contributed by atoms with Crippen LogP contribution in [0.15, 0.2) is 30.3 Å². The molecule has 4 nitrogen and oxygen atoms in total. The number of hydrogen-bond donors (Lipinski definition) is 1. The quantitative estimate of drug-likeness (QED) is 0.879. The Hall–Kier alpha value is -2.10. The first-order chi connectivity index (χ1) is 11.4. The molecule has 1 saturated heterocycles. The van der Waals surface area contributed by atoms with E-state index in [0.717, 1.165) is 36.2 Å². The van der Waals surface area contributed by atoms with Crippen molar-refractivity contribution in [3.63, 3.8) is 0 Å². The zero-order chi connectivity index (χ0) is 17.2. The van der Waals surface area contributed by atoms with Gasteiger partial charge in [0.05, 0.1) is 0 Å². The average Bonchev–Trinajstić information content (AvgIpc) is 2.55. The Bertz CT molecular complexity index is 697. The van der Waals surface area contributed by atoms with E-state index in [1.54, 1.807) is 0 Å². The third kappa shape index (κ3) is 3.86. The standard InChI is InChI=1S/C20H28N4/c1-15-21-18(14-19(22-15)24-12-8-5-9-13-24)23-17-11-7-6-10-16(17)20(2,3)4/h6-7,10-11,14H,5,8-9,12-13H2,1-4H3,(H,21,22,23). The third-order valence-electron chi connectivity index (χ3n) is 4.50. The van der Waals surface area contributed by atoms with Gasteiger partial charge >= 0.3 is 0 Å². The second-order valence-corrected chi connectivity index (χ2v) is 7.63. The minimum atomic E-state index is 0.0847. The number of nitrogens with one attached hydrogen (secondary N) is 1. The van der Waals surface area contributed by atoms with E-state index in [2.05, 4.69) is 71.3 Å². The molecule has 3 rings (SSSR count). The maximum absolute atomic E-state index is 4.65. The van der Waals surface area contributed by atoms with Crippen molar-refractivity contribution in [2.24, 2.45) is 0 Å². The van der Waals surface area contributed by atoms with Gasteiger partial charge in [-0.3, -0.25) is 0 Å². The van der Waals surface area contributed by atoms with Crippen LogP contribution in [0.3, 0.4) is 0 Å². The van der Waals surface area contributed by atoms with E-state index in [4.69, 9.17) is 0 Å². The molecule has 0 radical (unpaired) electrons. The van der Waals surface area contributed by atoms with Gasteiger partial charge in [-0.2, -0.15) is 0 Å². The van der Waals surface area contributed by atoms with E-state index in [1.807, 2.05) is 6.92 Å². The summed E-state index contributed by atoms with van der Waals surface area (Å²) >= 11 is 0. The van der Waals surface area contributed by atoms with E-state index < -0.39 is 0 Å². The molecule has 1 fully saturated rings. The van der Waals surface area contributed by atoms with Gasteiger partial charge in [0, 0.05) is 24.8 Å². The summed E-state index contributed by atoms with van der Waals surface area (Å²) < 4.78 is 0. The highest BCUT2D eigenvalue weighted by molar-refractivity contribution is 5.64. The van der Waals surface area contributed by atoms with Crippen molar-refractivity contribution < 1.29 is 0 Å². The lowest BCUT2D eigenvalue weighted by Crippen LogP contribution is -2.30. The molecule has 0 unspecified atom stereocenters. The van der Waals surface area contributed by atoms with Crippen LogP contribution < -0.4 is 10.2 Å². The molecule has 0 bridgehead atoms. The van der Waals surface area contributed by atoms with E-state index in [9.17, 15) is 0 Å². The number of aromatic nitrogens is 2. The summed E-state index contributed by atoms with van der Waals surface area (Å²) in [5.41, 5.74) is 2.50. The molecule has 0 spiro atoms. The molecule has 2 aromatic rings. The normalized spacial score (nSPS) is 15.4. The lowest BCUT2D eigenvalue weighted by atomic mass is 9.86. The molecule has 0 atom stereocenters. The molecule has 128 valence electrons. The predicted molar refractivity (Wildman–Crippen MR) is 101 cm³/mol. The van der Waals surface area contributed by atoms with E-state index in [0.29, 0.717) is 0 Å². The van der Waals surface area contributed by atoms with Crippen LogP contribution in [-0.4, -0.2) is 23.1 Å². The van der Waals surface area contributed by atoms with Crippen molar-refractivity contribution in [2.45, 2.75) is 52.4 Å². The molecule has 0 amide bonds. The fourth-order valence-corrected chi connectivity index (χ4v) is 3.29. The maximum Gasteiger partial charge on any atom is 0.136 e. The highest BCUT2D eigenvalue weighted by Gasteiger charge is 2.18. The van der Waals surface area contributed by atoms with Gasteiger partial charge < -0.3 is 10.2 Å². The number of anilines is 3. The molecule has 1 aliphatic heterocycles. The van der Waals surface area contributed by atoms with Gasteiger partial charge in [0.15, 0.2) is 0 Å². The Balaban J connectivity index is 1.90. The van der Waals surface area contributed by atoms with Crippen molar-refractivity contribution in [3.8, 4) is 0 Å². The molecule has 24 heavy (non-hydrogen) atoms. The minimum Gasteiger partial charge on any atom is -0.356 e. The molecule has 1 aromatic heterocycles. The molecule has 4 heteroatoms. The summed E-state index contributed by atoms with van der Waals surface area (Å²) in [5, 5.41) is 3.52. The molecule has 2 heterocycles. The number of aryl methyl sites for hydroxylation is 1. The number of rotatable bonds is 3. The average molecular weight is 324 g/mol. The first-order valence-corrected chi connectivity index (χ1v) is 8.91. The van der Waals surface area contributed by atoms with Crippen LogP contribution >= 0.6 is 0 Å². The lowest BCUT2D eigenvalue weighted by Gasteiger charge is -2.28. The zero-order valence-electron chi connectivity index (χ0n) is 15.3. The molecule has 0 saturated carbocycles. The first kappa shape index (κ1) is 16.7. The molecule has 0 aliphatic carbocycles. The van der Waals surface area contributed by atoms with Crippen LogP contribution in [0.4, 0.5) is 17.3 Å². The monoisotopic (exact) mass is 324 g/mol. The first-order valence-electron chi connectivity index (χ1n) is 8.91. The molecule has 1 aliphatic rings. The van der Waals surface area contributed by atoms with Crippen molar-refractivity contribution in [3.05, 3.63) is 41.7 Å². The van der Waals surface area contributed by atoms with Gasteiger partial charge in [-0.05, 0) is 43.2 Å². The fourth-order valence-electron chi connectivity index (χ4n) is 3.29. The summed E-state index contributed by atoms with van der Waals surface area (Å²) in [7, 11) is 0. The Labute approximate surface area is 145 Å². The second kappa shape index (κ2) is 6.80. The number of benzene rings is 1. The van der Waals surface area contributed by atoms with Gasteiger partial charge in [-0.25, -0.2) is 9.97 Å². The number of nitrogens with zero attached hydrogens (tertiary/aromatic N) is 3. The van der Waals surface area contributed by atoms with E-state index in [-0.39, 0.29) is 5.41 Å². The van der Waals surface area contributed by atoms with Gasteiger partial charge in [0.2, 0.25) is 0 Å². The van der Waals surface area contributed by atoms with Crippen LogP contribution in [-0.2, 0) is 5.41 Å². The van der Waals surface area contributed by atoms with Crippen LogP contribution in [0.5, 0.6) is 0 Å². The van der Waals surface area contributed by atoms with Crippen LogP contribution in [0.2, 0.25) is 0 Å². The number of hydrogen-bond acceptors (Lipinski definition) is 4. The molecular formula is C20H28N4. The van der Waals surface area contributed by atoms with E-state index in [1.165, 1.54) is 24.8 Å². The summed E-state index contributed by atoms with van der Waals surface area (Å²) in [6.45, 7) is 10.9. The highest BCUT2D eigenvalue weighted by Crippen LogP contribution is 2.31. The lowest BCUT2D eigenvalue weighted by molar-refractivity contribution is 0.572. The molecular weight excluding hydrogens is 296 g/mol. The summed E-state index contributed by atoms with van der Waals surface area (Å²) in [6.07, 6.45) is 3.82.